The van der Waals surface area contributed by atoms with E-state index in [-0.39, 0.29) is 0 Å². The Balaban J connectivity index is 2.33. The molecule has 1 atom stereocenters. The van der Waals surface area contributed by atoms with Crippen LogP contribution in [0.5, 0.6) is 0 Å². The number of benzene rings is 2. The highest BCUT2D eigenvalue weighted by molar-refractivity contribution is 5.93. The van der Waals surface area contributed by atoms with Crippen molar-refractivity contribution in [1.82, 2.24) is 0 Å². The van der Waals surface area contributed by atoms with Crippen molar-refractivity contribution in [3.63, 3.8) is 0 Å². The molecule has 2 aromatic rings. The minimum absolute atomic E-state index is 0.671. The van der Waals surface area contributed by atoms with E-state index in [1.165, 1.54) is 30.2 Å². The molecule has 0 N–H and O–H groups in total. The van der Waals surface area contributed by atoms with Crippen LogP contribution in [-0.4, -0.2) is 0 Å². The molecule has 1 unspecified atom stereocenters. The van der Waals surface area contributed by atoms with E-state index >= 15 is 0 Å². The summed E-state index contributed by atoms with van der Waals surface area (Å²) in [4.78, 5) is 0. The molecular weight excluding hydrogens is 192 g/mol. The molecule has 0 saturated carbocycles. The van der Waals surface area contributed by atoms with E-state index in [0.717, 1.165) is 0 Å². The number of rotatable bonds is 2. The predicted molar refractivity (Wildman–Crippen MR) is 70.1 cm³/mol. The largest absolute Gasteiger partial charge is 0.0648 e. The second kappa shape index (κ2) is 3.62. The first kappa shape index (κ1) is 9.89. The molecule has 82 valence electrons. The van der Waals surface area contributed by atoms with Crippen LogP contribution in [0.25, 0.3) is 10.8 Å². The molecule has 0 saturated heterocycles. The molecule has 0 aromatic heterocycles. The second-order valence-corrected chi connectivity index (χ2v) is 4.96. The second-order valence-electron chi connectivity index (χ2n) is 4.96. The number of aryl methyl sites for hydroxylation is 2. The molecule has 0 radical (unpaired) electrons. The molecule has 0 fully saturated rings. The molecule has 0 heterocycles. The molecule has 2 aromatic carbocycles. The zero-order valence-electron chi connectivity index (χ0n) is 10.1. The van der Waals surface area contributed by atoms with Crippen LogP contribution in [0.4, 0.5) is 0 Å². The van der Waals surface area contributed by atoms with Gasteiger partial charge in [-0.1, -0.05) is 44.2 Å². The molecule has 0 heteroatoms. The fraction of sp³-hybridized carbons (Fsp3) is 0.375. The van der Waals surface area contributed by atoms with Crippen LogP contribution < -0.4 is 0 Å². The Hall–Kier alpha value is -1.30. The summed E-state index contributed by atoms with van der Waals surface area (Å²) in [5.41, 5.74) is 4.64. The van der Waals surface area contributed by atoms with E-state index in [2.05, 4.69) is 44.2 Å². The Morgan fingerprint density at radius 2 is 1.81 bits per heavy atom. The van der Waals surface area contributed by atoms with Gasteiger partial charge >= 0.3 is 0 Å². The SMILES string of the molecule is CCC(C)c1ccc2c3c(cccc13)CC2. The third kappa shape index (κ3) is 1.29. The molecule has 0 amide bonds. The summed E-state index contributed by atoms with van der Waals surface area (Å²) in [6, 6.07) is 11.5. The molecule has 1 aliphatic rings. The Morgan fingerprint density at radius 1 is 1.06 bits per heavy atom. The molecule has 0 nitrogen and oxygen atoms in total. The molecule has 1 aliphatic carbocycles. The Morgan fingerprint density at radius 3 is 2.56 bits per heavy atom. The van der Waals surface area contributed by atoms with Crippen LogP contribution in [-0.2, 0) is 12.8 Å². The van der Waals surface area contributed by atoms with Gasteiger partial charge in [0.1, 0.15) is 0 Å². The summed E-state index contributed by atoms with van der Waals surface area (Å²) < 4.78 is 0. The van der Waals surface area contributed by atoms with Gasteiger partial charge in [-0.05, 0) is 52.6 Å². The monoisotopic (exact) mass is 210 g/mol. The van der Waals surface area contributed by atoms with Crippen LogP contribution >= 0.6 is 0 Å². The first-order valence-corrected chi connectivity index (χ1v) is 6.34. The molecule has 0 bridgehead atoms. The highest BCUT2D eigenvalue weighted by atomic mass is 14.2. The van der Waals surface area contributed by atoms with Crippen molar-refractivity contribution < 1.29 is 0 Å². The van der Waals surface area contributed by atoms with Crippen LogP contribution in [0.3, 0.4) is 0 Å². The van der Waals surface area contributed by atoms with Crippen molar-refractivity contribution in [1.29, 1.82) is 0 Å². The van der Waals surface area contributed by atoms with Gasteiger partial charge in [0.25, 0.3) is 0 Å². The van der Waals surface area contributed by atoms with Crippen molar-refractivity contribution in [3.8, 4) is 0 Å². The third-order valence-electron chi connectivity index (χ3n) is 4.05. The molecule has 16 heavy (non-hydrogen) atoms. The van der Waals surface area contributed by atoms with Crippen LogP contribution in [0.15, 0.2) is 30.3 Å². The quantitative estimate of drug-likeness (QED) is 0.687. The summed E-state index contributed by atoms with van der Waals surface area (Å²) in [5.74, 6) is 0.671. The average molecular weight is 210 g/mol. The maximum absolute atomic E-state index is 2.35. The van der Waals surface area contributed by atoms with E-state index in [4.69, 9.17) is 0 Å². The lowest BCUT2D eigenvalue weighted by Crippen LogP contribution is -1.94. The van der Waals surface area contributed by atoms with E-state index in [1.807, 2.05) is 0 Å². The molecule has 3 rings (SSSR count). The van der Waals surface area contributed by atoms with Crippen molar-refractivity contribution in [2.75, 3.05) is 0 Å². The first-order chi connectivity index (χ1) is 7.81. The lowest BCUT2D eigenvalue weighted by atomic mass is 9.91. The van der Waals surface area contributed by atoms with E-state index in [0.29, 0.717) is 5.92 Å². The fourth-order valence-electron chi connectivity index (χ4n) is 2.92. The lowest BCUT2D eigenvalue weighted by molar-refractivity contribution is 0.739. The zero-order valence-corrected chi connectivity index (χ0v) is 10.1. The smallest absolute Gasteiger partial charge is 0.0117 e. The van der Waals surface area contributed by atoms with Gasteiger partial charge in [-0.25, -0.2) is 0 Å². The average Bonchev–Trinajstić information content (AvgIpc) is 2.74. The maximum Gasteiger partial charge on any atom is -0.0117 e. The lowest BCUT2D eigenvalue weighted by Gasteiger charge is -2.14. The van der Waals surface area contributed by atoms with E-state index in [1.54, 1.807) is 16.5 Å². The Kier molecular flexibility index (Phi) is 2.24. The highest BCUT2D eigenvalue weighted by Gasteiger charge is 2.17. The minimum atomic E-state index is 0.671. The van der Waals surface area contributed by atoms with Gasteiger partial charge in [-0.15, -0.1) is 0 Å². The van der Waals surface area contributed by atoms with Crippen LogP contribution in [0.1, 0.15) is 42.9 Å². The highest BCUT2D eigenvalue weighted by Crippen LogP contribution is 2.35. The summed E-state index contributed by atoms with van der Waals surface area (Å²) in [5, 5.41) is 3.06. The summed E-state index contributed by atoms with van der Waals surface area (Å²) in [6.45, 7) is 4.60. The van der Waals surface area contributed by atoms with E-state index in [9.17, 15) is 0 Å². The van der Waals surface area contributed by atoms with Crippen LogP contribution in [0.2, 0.25) is 0 Å². The van der Waals surface area contributed by atoms with E-state index < -0.39 is 0 Å². The third-order valence-corrected chi connectivity index (χ3v) is 4.05. The first-order valence-electron chi connectivity index (χ1n) is 6.34. The fourth-order valence-corrected chi connectivity index (χ4v) is 2.92. The molecule has 0 spiro atoms. The van der Waals surface area contributed by atoms with Gasteiger partial charge in [-0.2, -0.15) is 0 Å². The van der Waals surface area contributed by atoms with Gasteiger partial charge in [0, 0.05) is 0 Å². The normalized spacial score (nSPS) is 15.6. The van der Waals surface area contributed by atoms with Crippen LogP contribution in [0, 0.1) is 0 Å². The van der Waals surface area contributed by atoms with Gasteiger partial charge in [0.2, 0.25) is 0 Å². The summed E-state index contributed by atoms with van der Waals surface area (Å²) >= 11 is 0. The van der Waals surface area contributed by atoms with Gasteiger partial charge in [-0.3, -0.25) is 0 Å². The molecular formula is C16H18. The maximum atomic E-state index is 2.35. The Labute approximate surface area is 97.3 Å². The van der Waals surface area contributed by atoms with Gasteiger partial charge in [0.15, 0.2) is 0 Å². The standard InChI is InChI=1S/C16H18/c1-3-11(2)14-10-9-13-8-7-12-5-4-6-15(14)16(12)13/h4-6,9-11H,3,7-8H2,1-2H3. The number of hydrogen-bond acceptors (Lipinski definition) is 0. The minimum Gasteiger partial charge on any atom is -0.0648 e. The van der Waals surface area contributed by atoms with Gasteiger partial charge < -0.3 is 0 Å². The predicted octanol–water partition coefficient (Wildman–Crippen LogP) is 4.45. The van der Waals surface area contributed by atoms with Crippen molar-refractivity contribution in [3.05, 3.63) is 47.0 Å². The summed E-state index contributed by atoms with van der Waals surface area (Å²) in [7, 11) is 0. The Bertz CT molecular complexity index is 527. The van der Waals surface area contributed by atoms with Crippen molar-refractivity contribution >= 4 is 10.8 Å². The zero-order chi connectivity index (χ0) is 11.1. The summed E-state index contributed by atoms with van der Waals surface area (Å²) in [6.07, 6.45) is 3.69. The van der Waals surface area contributed by atoms with Crippen molar-refractivity contribution in [2.24, 2.45) is 0 Å². The molecule has 0 aliphatic heterocycles. The van der Waals surface area contributed by atoms with Crippen molar-refractivity contribution in [2.45, 2.75) is 39.0 Å². The van der Waals surface area contributed by atoms with Gasteiger partial charge in [0.05, 0.1) is 0 Å². The topological polar surface area (TPSA) is 0 Å². The number of hydrogen-bond donors (Lipinski definition) is 0.